The lowest BCUT2D eigenvalue weighted by molar-refractivity contribution is -0.112. The maximum Gasteiger partial charge on any atom is 0.279 e. The van der Waals surface area contributed by atoms with Gasteiger partial charge in [-0.25, -0.2) is 26.9 Å². The number of hydrogen-bond acceptors (Lipinski definition) is 4. The summed E-state index contributed by atoms with van der Waals surface area (Å²) in [4.78, 5) is 15.4. The van der Waals surface area contributed by atoms with E-state index in [1.54, 1.807) is 0 Å². The Balaban J connectivity index is 2.04. The quantitative estimate of drug-likeness (QED) is 0.424. The molecule has 0 saturated heterocycles. The molecule has 2 aromatic rings. The second-order valence-corrected chi connectivity index (χ2v) is 5.94. The fraction of sp³-hybridized carbons (Fsp3) is 0.0500. The summed E-state index contributed by atoms with van der Waals surface area (Å²) in [5.41, 5.74) is -1.48. The van der Waals surface area contributed by atoms with Gasteiger partial charge in [0, 0.05) is 31.3 Å². The van der Waals surface area contributed by atoms with Crippen molar-refractivity contribution in [2.75, 3.05) is 7.05 Å². The number of rotatable bonds is 3. The molecule has 0 N–H and O–H groups in total. The van der Waals surface area contributed by atoms with E-state index < -0.39 is 46.1 Å². The number of hydrazone groups is 1. The Morgan fingerprint density at radius 3 is 2.20 bits per heavy atom. The maximum absolute atomic E-state index is 14.3. The number of aliphatic imine (C=N–C) groups is 1. The third kappa shape index (κ3) is 4.12. The monoisotopic (exact) mass is 421 g/mol. The molecule has 1 amide bonds. The zero-order chi connectivity index (χ0) is 22.0. The second kappa shape index (κ2) is 8.27. The average molecular weight is 421 g/mol. The molecule has 0 fully saturated rings. The van der Waals surface area contributed by atoms with Crippen molar-refractivity contribution in [2.24, 2.45) is 10.1 Å². The SMILES string of the molecule is C=NC(=O)/C(=C1/C=CC(Oc2ccc(F)cc2F)=NN1C)c1c(F)cc(F)cc1F. The Morgan fingerprint density at radius 1 is 1.00 bits per heavy atom. The summed E-state index contributed by atoms with van der Waals surface area (Å²) in [5.74, 6) is -7.16. The molecule has 0 aliphatic carbocycles. The van der Waals surface area contributed by atoms with Gasteiger partial charge in [-0.1, -0.05) is 0 Å². The molecular weight excluding hydrogens is 409 g/mol. The van der Waals surface area contributed by atoms with Crippen molar-refractivity contribution in [1.29, 1.82) is 0 Å². The highest BCUT2D eigenvalue weighted by atomic mass is 19.2. The highest BCUT2D eigenvalue weighted by Gasteiger charge is 2.27. The van der Waals surface area contributed by atoms with Gasteiger partial charge in [0.15, 0.2) is 11.6 Å². The van der Waals surface area contributed by atoms with E-state index in [9.17, 15) is 26.7 Å². The van der Waals surface area contributed by atoms with Crippen molar-refractivity contribution in [1.82, 2.24) is 5.01 Å². The molecule has 0 radical (unpaired) electrons. The van der Waals surface area contributed by atoms with Gasteiger partial charge >= 0.3 is 0 Å². The summed E-state index contributed by atoms with van der Waals surface area (Å²) < 4.78 is 73.8. The van der Waals surface area contributed by atoms with Gasteiger partial charge in [0.05, 0.1) is 16.8 Å². The van der Waals surface area contributed by atoms with Gasteiger partial charge in [-0.15, -0.1) is 5.10 Å². The van der Waals surface area contributed by atoms with E-state index in [2.05, 4.69) is 16.8 Å². The van der Waals surface area contributed by atoms with Crippen LogP contribution in [0.2, 0.25) is 0 Å². The molecule has 0 atom stereocenters. The minimum Gasteiger partial charge on any atom is -0.435 e. The summed E-state index contributed by atoms with van der Waals surface area (Å²) in [7, 11) is 1.32. The first-order valence-corrected chi connectivity index (χ1v) is 8.24. The van der Waals surface area contributed by atoms with E-state index in [0.29, 0.717) is 18.2 Å². The standard InChI is InChI=1S/C20H12F5N3O2/c1-26-20(29)19(18-13(24)8-11(22)9-14(18)25)15-4-6-17(27-28(15)2)30-16-5-3-10(21)7-12(16)23/h3-9H,1H2,2H3/b19-15-. The van der Waals surface area contributed by atoms with E-state index >= 15 is 0 Å². The van der Waals surface area contributed by atoms with Gasteiger partial charge in [-0.3, -0.25) is 9.80 Å². The van der Waals surface area contributed by atoms with Crippen molar-refractivity contribution >= 4 is 24.1 Å². The molecule has 3 rings (SSSR count). The first-order valence-electron chi connectivity index (χ1n) is 8.24. The number of nitrogens with zero attached hydrogens (tertiary/aromatic N) is 3. The first-order chi connectivity index (χ1) is 14.2. The Hall–Kier alpha value is -3.82. The van der Waals surface area contributed by atoms with Gasteiger partial charge < -0.3 is 4.74 Å². The highest BCUT2D eigenvalue weighted by molar-refractivity contribution is 6.22. The smallest absolute Gasteiger partial charge is 0.279 e. The summed E-state index contributed by atoms with van der Waals surface area (Å²) in [5, 5.41) is 4.98. The lowest BCUT2D eigenvalue weighted by atomic mass is 10.0. The number of halogens is 5. The van der Waals surface area contributed by atoms with Crippen molar-refractivity contribution in [3.63, 3.8) is 0 Å². The van der Waals surface area contributed by atoms with Crippen molar-refractivity contribution in [3.05, 3.63) is 82.8 Å². The van der Waals surface area contributed by atoms with Crippen LogP contribution in [0.5, 0.6) is 5.75 Å². The van der Waals surface area contributed by atoms with Crippen molar-refractivity contribution in [2.45, 2.75) is 0 Å². The molecular formula is C20H12F5N3O2. The Labute approximate surface area is 167 Å². The maximum atomic E-state index is 14.3. The molecule has 2 aromatic carbocycles. The molecule has 0 saturated carbocycles. The summed E-state index contributed by atoms with van der Waals surface area (Å²) >= 11 is 0. The number of ether oxygens (including phenoxy) is 1. The number of carbonyl (C=O) groups is 1. The van der Waals surface area contributed by atoms with E-state index in [1.165, 1.54) is 19.2 Å². The van der Waals surface area contributed by atoms with Gasteiger partial charge in [0.2, 0.25) is 5.90 Å². The predicted octanol–water partition coefficient (Wildman–Crippen LogP) is 4.21. The molecule has 1 aliphatic heterocycles. The van der Waals surface area contributed by atoms with Crippen molar-refractivity contribution in [3.8, 4) is 5.75 Å². The number of benzene rings is 2. The molecule has 1 aliphatic rings. The number of hydrogen-bond donors (Lipinski definition) is 0. The van der Waals surface area contributed by atoms with Crippen LogP contribution in [0.1, 0.15) is 5.56 Å². The molecule has 0 bridgehead atoms. The fourth-order valence-electron chi connectivity index (χ4n) is 2.67. The third-order valence-electron chi connectivity index (χ3n) is 3.96. The third-order valence-corrected chi connectivity index (χ3v) is 3.96. The minimum atomic E-state index is -1.33. The lowest BCUT2D eigenvalue weighted by Gasteiger charge is -2.22. The zero-order valence-corrected chi connectivity index (χ0v) is 15.3. The minimum absolute atomic E-state index is 0.108. The molecule has 10 heteroatoms. The molecule has 0 aromatic heterocycles. The second-order valence-electron chi connectivity index (χ2n) is 5.94. The largest absolute Gasteiger partial charge is 0.435 e. The van der Waals surface area contributed by atoms with E-state index in [4.69, 9.17) is 4.74 Å². The summed E-state index contributed by atoms with van der Waals surface area (Å²) in [6, 6.07) is 3.47. The average Bonchev–Trinajstić information content (AvgIpc) is 2.67. The summed E-state index contributed by atoms with van der Waals surface area (Å²) in [6.45, 7) is 3.06. The molecule has 30 heavy (non-hydrogen) atoms. The predicted molar refractivity (Wildman–Crippen MR) is 99.1 cm³/mol. The van der Waals surface area contributed by atoms with Crippen molar-refractivity contribution < 1.29 is 31.5 Å². The van der Waals surface area contributed by atoms with Crippen LogP contribution in [0.3, 0.4) is 0 Å². The van der Waals surface area contributed by atoms with Crippen LogP contribution in [-0.4, -0.2) is 30.6 Å². The van der Waals surface area contributed by atoms with Gasteiger partial charge in [0.1, 0.15) is 23.3 Å². The Kier molecular flexibility index (Phi) is 5.77. The van der Waals surface area contributed by atoms with Crippen LogP contribution in [0.4, 0.5) is 22.0 Å². The number of carbonyl (C=O) groups excluding carboxylic acids is 1. The summed E-state index contributed by atoms with van der Waals surface area (Å²) in [6.07, 6.45) is 2.40. The van der Waals surface area contributed by atoms with Crippen LogP contribution in [0.25, 0.3) is 5.57 Å². The molecule has 5 nitrogen and oxygen atoms in total. The van der Waals surface area contributed by atoms with Crippen LogP contribution >= 0.6 is 0 Å². The highest BCUT2D eigenvalue weighted by Crippen LogP contribution is 2.30. The fourth-order valence-corrected chi connectivity index (χ4v) is 2.67. The van der Waals surface area contributed by atoms with Crippen LogP contribution in [-0.2, 0) is 4.79 Å². The first kappa shape index (κ1) is 20.9. The topological polar surface area (TPSA) is 54.3 Å². The van der Waals surface area contributed by atoms with Crippen LogP contribution in [0, 0.1) is 29.1 Å². The van der Waals surface area contributed by atoms with Crippen LogP contribution < -0.4 is 4.74 Å². The molecule has 0 unspecified atom stereocenters. The molecule has 0 spiro atoms. The lowest BCUT2D eigenvalue weighted by Crippen LogP contribution is -2.23. The molecule has 154 valence electrons. The van der Waals surface area contributed by atoms with E-state index in [1.807, 2.05) is 0 Å². The van der Waals surface area contributed by atoms with Gasteiger partial charge in [-0.2, -0.15) is 0 Å². The van der Waals surface area contributed by atoms with Gasteiger partial charge in [-0.05, 0) is 24.9 Å². The zero-order valence-electron chi connectivity index (χ0n) is 15.3. The van der Waals surface area contributed by atoms with E-state index in [-0.39, 0.29) is 17.3 Å². The molecule has 1 heterocycles. The number of amides is 1. The normalized spacial score (nSPS) is 15.0. The van der Waals surface area contributed by atoms with E-state index in [0.717, 1.165) is 17.1 Å². The Bertz CT molecular complexity index is 1120. The number of likely N-dealkylation sites (N-methyl/N-ethyl adjacent to an activating group) is 1. The number of allylic oxidation sites excluding steroid dienone is 1. The van der Waals surface area contributed by atoms with Gasteiger partial charge in [0.25, 0.3) is 5.91 Å². The van der Waals surface area contributed by atoms with Crippen LogP contribution in [0.15, 0.2) is 58.3 Å². The Morgan fingerprint density at radius 2 is 1.63 bits per heavy atom.